The first-order valence-corrected chi connectivity index (χ1v) is 5.78. The summed E-state index contributed by atoms with van der Waals surface area (Å²) in [6.07, 6.45) is 1.38. The summed E-state index contributed by atoms with van der Waals surface area (Å²) in [4.78, 5) is 8.15. The number of aromatic nitrogens is 5. The SMILES string of the molecule is Nc1cc(-c2nc(-c3ncn[nH]3)no2)ccc1Br. The Morgan fingerprint density at radius 2 is 2.22 bits per heavy atom. The largest absolute Gasteiger partial charge is 0.398 e. The second kappa shape index (κ2) is 4.22. The lowest BCUT2D eigenvalue weighted by molar-refractivity contribution is 0.432. The number of hydrogen-bond acceptors (Lipinski definition) is 6. The fraction of sp³-hybridized carbons (Fsp3) is 0. The Balaban J connectivity index is 2.00. The van der Waals surface area contributed by atoms with E-state index in [9.17, 15) is 0 Å². The molecule has 3 aromatic rings. The predicted molar refractivity (Wildman–Crippen MR) is 67.2 cm³/mol. The molecular formula is C10H7BrN6O. The van der Waals surface area contributed by atoms with E-state index in [0.717, 1.165) is 10.0 Å². The fourth-order valence-electron chi connectivity index (χ4n) is 1.43. The van der Waals surface area contributed by atoms with Crippen LogP contribution in [0.4, 0.5) is 5.69 Å². The van der Waals surface area contributed by atoms with Crippen LogP contribution in [0.25, 0.3) is 23.1 Å². The third-order valence-corrected chi connectivity index (χ3v) is 3.02. The maximum Gasteiger partial charge on any atom is 0.258 e. The van der Waals surface area contributed by atoms with Crippen molar-refractivity contribution >= 4 is 21.6 Å². The lowest BCUT2D eigenvalue weighted by Crippen LogP contribution is -1.88. The zero-order valence-electron chi connectivity index (χ0n) is 8.96. The Bertz CT molecular complexity index is 678. The van der Waals surface area contributed by atoms with Crippen LogP contribution in [0.1, 0.15) is 0 Å². The standard InChI is InChI=1S/C10H7BrN6O/c11-6-2-1-5(3-7(6)12)10-15-9(17-18-10)8-13-4-14-16-8/h1-4H,12H2,(H,13,14,16). The molecule has 0 spiro atoms. The number of halogens is 1. The van der Waals surface area contributed by atoms with E-state index in [2.05, 4.69) is 41.3 Å². The summed E-state index contributed by atoms with van der Waals surface area (Å²) in [6, 6.07) is 5.41. The molecule has 90 valence electrons. The van der Waals surface area contributed by atoms with Gasteiger partial charge in [0.1, 0.15) is 6.33 Å². The number of nitrogen functional groups attached to an aromatic ring is 1. The van der Waals surface area contributed by atoms with Crippen LogP contribution >= 0.6 is 15.9 Å². The zero-order chi connectivity index (χ0) is 12.5. The van der Waals surface area contributed by atoms with Gasteiger partial charge in [-0.05, 0) is 34.1 Å². The second-order valence-electron chi connectivity index (χ2n) is 3.49. The lowest BCUT2D eigenvalue weighted by atomic mass is 10.2. The molecule has 0 saturated heterocycles. The minimum atomic E-state index is 0.351. The average Bonchev–Trinajstić information content (AvgIpc) is 3.01. The fourth-order valence-corrected chi connectivity index (χ4v) is 1.67. The van der Waals surface area contributed by atoms with E-state index < -0.39 is 0 Å². The molecule has 7 nitrogen and oxygen atoms in total. The summed E-state index contributed by atoms with van der Waals surface area (Å²) in [7, 11) is 0. The third-order valence-electron chi connectivity index (χ3n) is 2.30. The third kappa shape index (κ3) is 1.86. The van der Waals surface area contributed by atoms with Gasteiger partial charge in [0.25, 0.3) is 5.89 Å². The normalized spacial score (nSPS) is 10.7. The Morgan fingerprint density at radius 3 is 2.94 bits per heavy atom. The molecule has 0 bridgehead atoms. The van der Waals surface area contributed by atoms with Crippen molar-refractivity contribution in [2.45, 2.75) is 0 Å². The van der Waals surface area contributed by atoms with Crippen molar-refractivity contribution in [2.75, 3.05) is 5.73 Å². The van der Waals surface area contributed by atoms with Crippen molar-refractivity contribution in [2.24, 2.45) is 0 Å². The molecule has 3 rings (SSSR count). The number of nitrogens with two attached hydrogens (primary N) is 1. The maximum atomic E-state index is 5.79. The number of H-pyrrole nitrogens is 1. The molecule has 0 radical (unpaired) electrons. The highest BCUT2D eigenvalue weighted by Gasteiger charge is 2.13. The van der Waals surface area contributed by atoms with E-state index in [4.69, 9.17) is 10.3 Å². The number of aromatic amines is 1. The number of nitrogens with one attached hydrogen (secondary N) is 1. The van der Waals surface area contributed by atoms with Gasteiger partial charge in [0.15, 0.2) is 5.82 Å². The van der Waals surface area contributed by atoms with Crippen LogP contribution in [0.15, 0.2) is 33.5 Å². The van der Waals surface area contributed by atoms with Crippen LogP contribution in [0.2, 0.25) is 0 Å². The van der Waals surface area contributed by atoms with Gasteiger partial charge < -0.3 is 10.3 Å². The highest BCUT2D eigenvalue weighted by atomic mass is 79.9. The first kappa shape index (κ1) is 10.9. The molecule has 0 aliphatic heterocycles. The molecule has 0 fully saturated rings. The Labute approximate surface area is 110 Å². The first-order chi connectivity index (χ1) is 8.74. The van der Waals surface area contributed by atoms with Crippen molar-refractivity contribution in [3.63, 3.8) is 0 Å². The molecular weight excluding hydrogens is 300 g/mol. The van der Waals surface area contributed by atoms with Gasteiger partial charge in [-0.15, -0.1) is 0 Å². The van der Waals surface area contributed by atoms with Crippen molar-refractivity contribution in [3.8, 4) is 23.1 Å². The van der Waals surface area contributed by atoms with Gasteiger partial charge in [-0.2, -0.15) is 10.1 Å². The molecule has 2 aromatic heterocycles. The minimum Gasteiger partial charge on any atom is -0.398 e. The van der Waals surface area contributed by atoms with Gasteiger partial charge in [-0.25, -0.2) is 4.98 Å². The Hall–Kier alpha value is -2.22. The monoisotopic (exact) mass is 306 g/mol. The van der Waals surface area contributed by atoms with E-state index >= 15 is 0 Å². The van der Waals surface area contributed by atoms with Crippen LogP contribution < -0.4 is 5.73 Å². The van der Waals surface area contributed by atoms with Crippen molar-refractivity contribution in [3.05, 3.63) is 29.0 Å². The van der Waals surface area contributed by atoms with E-state index in [0.29, 0.717) is 23.2 Å². The molecule has 0 saturated carbocycles. The number of nitrogens with zero attached hydrogens (tertiary/aromatic N) is 4. The molecule has 2 heterocycles. The van der Waals surface area contributed by atoms with Gasteiger partial charge in [0, 0.05) is 15.7 Å². The van der Waals surface area contributed by atoms with Crippen molar-refractivity contribution in [1.29, 1.82) is 0 Å². The van der Waals surface area contributed by atoms with Crippen LogP contribution in [-0.4, -0.2) is 25.3 Å². The van der Waals surface area contributed by atoms with E-state index in [1.165, 1.54) is 6.33 Å². The van der Waals surface area contributed by atoms with Gasteiger partial charge in [-0.3, -0.25) is 5.10 Å². The minimum absolute atomic E-state index is 0.351. The predicted octanol–water partition coefficient (Wildman–Crippen LogP) is 1.87. The molecule has 0 aliphatic carbocycles. The molecule has 0 unspecified atom stereocenters. The first-order valence-electron chi connectivity index (χ1n) is 4.99. The lowest BCUT2D eigenvalue weighted by Gasteiger charge is -1.99. The zero-order valence-corrected chi connectivity index (χ0v) is 10.5. The van der Waals surface area contributed by atoms with Gasteiger partial charge >= 0.3 is 0 Å². The Kier molecular flexibility index (Phi) is 2.56. The number of benzene rings is 1. The molecule has 8 heteroatoms. The molecule has 1 aromatic carbocycles. The highest BCUT2D eigenvalue weighted by molar-refractivity contribution is 9.10. The Morgan fingerprint density at radius 1 is 1.33 bits per heavy atom. The molecule has 0 aliphatic rings. The quantitative estimate of drug-likeness (QED) is 0.700. The van der Waals surface area contributed by atoms with E-state index in [-0.39, 0.29) is 0 Å². The van der Waals surface area contributed by atoms with Crippen LogP contribution in [0, 0.1) is 0 Å². The summed E-state index contributed by atoms with van der Waals surface area (Å²) in [5, 5.41) is 10.2. The van der Waals surface area contributed by atoms with Crippen LogP contribution in [0.5, 0.6) is 0 Å². The maximum absolute atomic E-state index is 5.79. The van der Waals surface area contributed by atoms with Crippen LogP contribution in [0.3, 0.4) is 0 Å². The molecule has 0 amide bonds. The highest BCUT2D eigenvalue weighted by Crippen LogP contribution is 2.26. The topological polar surface area (TPSA) is 107 Å². The molecule has 3 N–H and O–H groups in total. The second-order valence-corrected chi connectivity index (χ2v) is 4.35. The summed E-state index contributed by atoms with van der Waals surface area (Å²) in [5.41, 5.74) is 7.14. The van der Waals surface area contributed by atoms with E-state index in [1.54, 1.807) is 6.07 Å². The summed E-state index contributed by atoms with van der Waals surface area (Å²) >= 11 is 3.32. The summed E-state index contributed by atoms with van der Waals surface area (Å²) in [6.45, 7) is 0. The number of rotatable bonds is 2. The number of hydrogen-bond donors (Lipinski definition) is 2. The van der Waals surface area contributed by atoms with Gasteiger partial charge in [-0.1, -0.05) is 5.16 Å². The molecule has 18 heavy (non-hydrogen) atoms. The van der Waals surface area contributed by atoms with Gasteiger partial charge in [0.2, 0.25) is 5.82 Å². The van der Waals surface area contributed by atoms with Crippen molar-refractivity contribution in [1.82, 2.24) is 25.3 Å². The average molecular weight is 307 g/mol. The smallest absolute Gasteiger partial charge is 0.258 e. The van der Waals surface area contributed by atoms with E-state index in [1.807, 2.05) is 12.1 Å². The van der Waals surface area contributed by atoms with Gasteiger partial charge in [0.05, 0.1) is 0 Å². The number of anilines is 1. The van der Waals surface area contributed by atoms with Crippen LogP contribution in [-0.2, 0) is 0 Å². The summed E-state index contributed by atoms with van der Waals surface area (Å²) in [5.74, 6) is 1.18. The molecule has 0 atom stereocenters. The summed E-state index contributed by atoms with van der Waals surface area (Å²) < 4.78 is 5.97. The van der Waals surface area contributed by atoms with Crippen molar-refractivity contribution < 1.29 is 4.52 Å².